The van der Waals surface area contributed by atoms with Gasteiger partial charge in [-0.1, -0.05) is 0 Å². The molecule has 0 spiro atoms. The van der Waals surface area contributed by atoms with E-state index in [4.69, 9.17) is 0 Å². The summed E-state index contributed by atoms with van der Waals surface area (Å²) in [7, 11) is -1.20. The number of alkyl halides is 2. The first-order valence-corrected chi connectivity index (χ1v) is 5.59. The van der Waals surface area contributed by atoms with E-state index in [0.29, 0.717) is 12.8 Å². The van der Waals surface area contributed by atoms with Crippen molar-refractivity contribution in [3.8, 4) is 0 Å². The Bertz CT molecular complexity index is 277. The Morgan fingerprint density at radius 1 is 1.31 bits per heavy atom. The van der Waals surface area contributed by atoms with E-state index in [1.165, 1.54) is 0 Å². The Morgan fingerprint density at radius 2 is 1.92 bits per heavy atom. The molecule has 3 unspecified atom stereocenters. The van der Waals surface area contributed by atoms with Crippen LogP contribution in [0, 0.1) is 0 Å². The van der Waals surface area contributed by atoms with Gasteiger partial charge >= 0.3 is 5.92 Å². The zero-order valence-electron chi connectivity index (χ0n) is 6.96. The number of Topliss-reactive ketones (excluding diaryl/α,β-unsaturated/α-hetero) is 1. The topological polar surface area (TPSA) is 34.1 Å². The van der Waals surface area contributed by atoms with Gasteiger partial charge in [-0.3, -0.25) is 9.00 Å². The lowest BCUT2D eigenvalue weighted by Gasteiger charge is -2.15. The van der Waals surface area contributed by atoms with Gasteiger partial charge in [-0.15, -0.1) is 0 Å². The van der Waals surface area contributed by atoms with Gasteiger partial charge in [0.2, 0.25) is 5.78 Å². The van der Waals surface area contributed by atoms with E-state index in [2.05, 4.69) is 0 Å². The molecule has 2 aliphatic heterocycles. The van der Waals surface area contributed by atoms with Crippen LogP contribution in [0.2, 0.25) is 0 Å². The Hall–Kier alpha value is -0.320. The first-order chi connectivity index (χ1) is 6.00. The molecule has 0 aromatic carbocycles. The SMILES string of the molecule is O=C1CC2CCC(CC1(F)F)S2=O. The van der Waals surface area contributed by atoms with Gasteiger partial charge in [0.1, 0.15) is 0 Å². The molecule has 0 amide bonds. The molecule has 0 aliphatic carbocycles. The molecule has 2 bridgehead atoms. The van der Waals surface area contributed by atoms with E-state index in [0.717, 1.165) is 0 Å². The minimum absolute atomic E-state index is 0.198. The zero-order valence-corrected chi connectivity index (χ0v) is 7.78. The van der Waals surface area contributed by atoms with Gasteiger partial charge in [-0.05, 0) is 12.8 Å². The van der Waals surface area contributed by atoms with Crippen molar-refractivity contribution in [1.29, 1.82) is 0 Å². The highest BCUT2D eigenvalue weighted by Crippen LogP contribution is 2.39. The van der Waals surface area contributed by atoms with Gasteiger partial charge in [-0.25, -0.2) is 0 Å². The van der Waals surface area contributed by atoms with Crippen LogP contribution >= 0.6 is 0 Å². The summed E-state index contributed by atoms with van der Waals surface area (Å²) in [5.74, 6) is -4.25. The summed E-state index contributed by atoms with van der Waals surface area (Å²) in [6.07, 6.45) is 0.546. The summed E-state index contributed by atoms with van der Waals surface area (Å²) in [5, 5.41) is -0.752. The maximum atomic E-state index is 13.0. The number of fused-ring (bicyclic) bond motifs is 2. The molecule has 3 atom stereocenters. The van der Waals surface area contributed by atoms with Crippen LogP contribution in [0.1, 0.15) is 25.7 Å². The van der Waals surface area contributed by atoms with E-state index >= 15 is 0 Å². The molecule has 13 heavy (non-hydrogen) atoms. The summed E-state index contributed by atoms with van der Waals surface area (Å²) in [6.45, 7) is 0. The molecule has 74 valence electrons. The largest absolute Gasteiger partial charge is 0.306 e. The smallest absolute Gasteiger partial charge is 0.293 e. The third-order valence-corrected chi connectivity index (χ3v) is 4.89. The number of ketones is 1. The quantitative estimate of drug-likeness (QED) is 0.600. The van der Waals surface area contributed by atoms with E-state index in [1.54, 1.807) is 0 Å². The standard InChI is InChI=1S/C8H10F2O2S/c9-8(10)4-6-2-1-5(13(6)12)3-7(8)11/h5-6H,1-4H2. The minimum Gasteiger partial charge on any atom is -0.293 e. The monoisotopic (exact) mass is 208 g/mol. The van der Waals surface area contributed by atoms with Crippen molar-refractivity contribution in [2.45, 2.75) is 42.1 Å². The van der Waals surface area contributed by atoms with Crippen molar-refractivity contribution >= 4 is 16.6 Å². The van der Waals surface area contributed by atoms with Crippen LogP contribution in [0.3, 0.4) is 0 Å². The average Bonchev–Trinajstić information content (AvgIpc) is 2.31. The minimum atomic E-state index is -3.23. The average molecular weight is 208 g/mol. The first kappa shape index (κ1) is 9.24. The molecular weight excluding hydrogens is 198 g/mol. The van der Waals surface area contributed by atoms with Gasteiger partial charge in [0, 0.05) is 34.1 Å². The summed E-state index contributed by atoms with van der Waals surface area (Å²) in [4.78, 5) is 11.0. The van der Waals surface area contributed by atoms with Crippen molar-refractivity contribution < 1.29 is 17.8 Å². The maximum Gasteiger partial charge on any atom is 0.306 e. The Kier molecular flexibility index (Phi) is 2.02. The van der Waals surface area contributed by atoms with Crippen molar-refractivity contribution in [1.82, 2.24) is 0 Å². The summed E-state index contributed by atoms with van der Waals surface area (Å²) >= 11 is 0. The molecule has 2 saturated heterocycles. The molecule has 0 aromatic rings. The number of carbonyl (C=O) groups excluding carboxylic acids is 1. The van der Waals surface area contributed by atoms with Crippen molar-refractivity contribution in [3.05, 3.63) is 0 Å². The van der Waals surface area contributed by atoms with Gasteiger partial charge in [0.15, 0.2) is 0 Å². The molecule has 0 saturated carbocycles. The molecular formula is C8H10F2O2S. The summed E-state index contributed by atoms with van der Waals surface area (Å²) < 4.78 is 37.5. The fourth-order valence-electron chi connectivity index (χ4n) is 2.00. The maximum absolute atomic E-state index is 13.0. The van der Waals surface area contributed by atoms with E-state index in [1.807, 2.05) is 0 Å². The van der Waals surface area contributed by atoms with Gasteiger partial charge in [0.25, 0.3) is 0 Å². The molecule has 0 N–H and O–H groups in total. The Balaban J connectivity index is 2.29. The third-order valence-electron chi connectivity index (χ3n) is 2.77. The molecule has 5 heteroatoms. The van der Waals surface area contributed by atoms with Gasteiger partial charge in [0.05, 0.1) is 0 Å². The van der Waals surface area contributed by atoms with Crippen LogP contribution in [-0.2, 0) is 15.6 Å². The van der Waals surface area contributed by atoms with Crippen LogP contribution < -0.4 is 0 Å². The third kappa shape index (κ3) is 1.43. The Labute approximate surface area is 77.1 Å². The number of halogens is 2. The lowest BCUT2D eigenvalue weighted by molar-refractivity contribution is -0.144. The fraction of sp³-hybridized carbons (Fsp3) is 0.875. The van der Waals surface area contributed by atoms with Crippen molar-refractivity contribution in [2.75, 3.05) is 0 Å². The van der Waals surface area contributed by atoms with E-state index in [-0.39, 0.29) is 11.7 Å². The molecule has 2 aliphatic rings. The second-order valence-corrected chi connectivity index (χ2v) is 5.68. The van der Waals surface area contributed by atoms with Gasteiger partial charge in [-0.2, -0.15) is 8.78 Å². The molecule has 2 heterocycles. The number of hydrogen-bond acceptors (Lipinski definition) is 2. The molecule has 0 aromatic heterocycles. The second kappa shape index (κ2) is 2.83. The van der Waals surface area contributed by atoms with E-state index in [9.17, 15) is 17.8 Å². The number of carbonyl (C=O) groups is 1. The lowest BCUT2D eigenvalue weighted by Crippen LogP contribution is -2.31. The molecule has 2 rings (SSSR count). The highest BCUT2D eigenvalue weighted by molar-refractivity contribution is 7.86. The van der Waals surface area contributed by atoms with Crippen LogP contribution in [-0.4, -0.2) is 26.4 Å². The number of hydrogen-bond donors (Lipinski definition) is 0. The molecule has 2 fully saturated rings. The normalized spacial score (nSPS) is 43.2. The lowest BCUT2D eigenvalue weighted by atomic mass is 9.97. The second-order valence-electron chi connectivity index (χ2n) is 3.69. The predicted molar refractivity (Wildman–Crippen MR) is 44.1 cm³/mol. The summed E-state index contributed by atoms with van der Waals surface area (Å²) in [5.41, 5.74) is 0. The Morgan fingerprint density at radius 3 is 2.62 bits per heavy atom. The highest BCUT2D eigenvalue weighted by Gasteiger charge is 2.50. The van der Waals surface area contributed by atoms with Crippen LogP contribution in [0.25, 0.3) is 0 Å². The molecule has 2 nitrogen and oxygen atoms in total. The predicted octanol–water partition coefficient (Wildman–Crippen LogP) is 1.26. The van der Waals surface area contributed by atoms with E-state index < -0.39 is 34.2 Å². The molecule has 0 radical (unpaired) electrons. The fourth-order valence-corrected chi connectivity index (χ4v) is 3.97. The van der Waals surface area contributed by atoms with Gasteiger partial charge < -0.3 is 0 Å². The number of rotatable bonds is 0. The highest BCUT2D eigenvalue weighted by atomic mass is 32.2. The van der Waals surface area contributed by atoms with Crippen molar-refractivity contribution in [2.24, 2.45) is 0 Å². The summed E-state index contributed by atoms with van der Waals surface area (Å²) in [6, 6.07) is 0. The van der Waals surface area contributed by atoms with Crippen LogP contribution in [0.5, 0.6) is 0 Å². The van der Waals surface area contributed by atoms with Crippen molar-refractivity contribution in [3.63, 3.8) is 0 Å². The van der Waals surface area contributed by atoms with Crippen LogP contribution in [0.15, 0.2) is 0 Å². The van der Waals surface area contributed by atoms with Crippen LogP contribution in [0.4, 0.5) is 8.78 Å². The first-order valence-electron chi connectivity index (χ1n) is 4.31. The zero-order chi connectivity index (χ0) is 9.64.